The molecule has 1 saturated heterocycles. The first-order chi connectivity index (χ1) is 12.9. The maximum absolute atomic E-state index is 14.2. The molecule has 1 aliphatic rings. The van der Waals surface area contributed by atoms with Crippen LogP contribution in [-0.2, 0) is 9.53 Å². The van der Waals surface area contributed by atoms with Crippen LogP contribution in [-0.4, -0.2) is 41.6 Å². The number of esters is 1. The van der Waals surface area contributed by atoms with Crippen LogP contribution >= 0.6 is 11.6 Å². The van der Waals surface area contributed by atoms with Gasteiger partial charge in [0.1, 0.15) is 22.8 Å². The number of benzene rings is 1. The van der Waals surface area contributed by atoms with Gasteiger partial charge in [-0.3, -0.25) is 4.79 Å². The zero-order chi connectivity index (χ0) is 19.6. The Morgan fingerprint density at radius 3 is 2.93 bits per heavy atom. The molecule has 0 bridgehead atoms. The second kappa shape index (κ2) is 8.08. The third kappa shape index (κ3) is 4.13. The van der Waals surface area contributed by atoms with E-state index in [0.29, 0.717) is 19.0 Å². The van der Waals surface area contributed by atoms with E-state index in [9.17, 15) is 14.0 Å². The number of rotatable bonds is 4. The van der Waals surface area contributed by atoms with Crippen molar-refractivity contribution in [3.8, 4) is 11.3 Å². The van der Waals surface area contributed by atoms with Crippen molar-refractivity contribution in [1.29, 1.82) is 0 Å². The Morgan fingerprint density at radius 2 is 2.22 bits per heavy atom. The zero-order valence-corrected chi connectivity index (χ0v) is 15.9. The van der Waals surface area contributed by atoms with Crippen molar-refractivity contribution in [3.63, 3.8) is 0 Å². The molecular weight excluding hydrogens is 375 g/mol. The number of carbonyl (C=O) groups excluding carboxylic acids is 2. The Balaban J connectivity index is 1.76. The average Bonchev–Trinajstić information content (AvgIpc) is 3.00. The molecule has 1 aliphatic heterocycles. The molecule has 3 rings (SSSR count). The molecule has 0 spiro atoms. The summed E-state index contributed by atoms with van der Waals surface area (Å²) in [5, 5.41) is 3.85. The van der Waals surface area contributed by atoms with E-state index in [0.717, 1.165) is 12.8 Å². The zero-order valence-electron chi connectivity index (χ0n) is 15.1. The van der Waals surface area contributed by atoms with E-state index in [-0.39, 0.29) is 40.1 Å². The maximum Gasteiger partial charge on any atom is 0.344 e. The second-order valence-electron chi connectivity index (χ2n) is 6.72. The van der Waals surface area contributed by atoms with Gasteiger partial charge in [0.25, 0.3) is 5.91 Å². The molecule has 0 aliphatic carbocycles. The number of aryl methyl sites for hydroxylation is 1. The van der Waals surface area contributed by atoms with Gasteiger partial charge in [-0.2, -0.15) is 0 Å². The molecule has 1 fully saturated rings. The number of ether oxygens (including phenoxy) is 1. The van der Waals surface area contributed by atoms with Gasteiger partial charge >= 0.3 is 5.97 Å². The lowest BCUT2D eigenvalue weighted by Gasteiger charge is -2.30. The van der Waals surface area contributed by atoms with Crippen molar-refractivity contribution in [2.75, 3.05) is 19.7 Å². The minimum Gasteiger partial charge on any atom is -0.452 e. The first kappa shape index (κ1) is 19.4. The van der Waals surface area contributed by atoms with Gasteiger partial charge in [0.05, 0.1) is 10.6 Å². The Morgan fingerprint density at radius 1 is 1.44 bits per heavy atom. The number of hydrogen-bond donors (Lipinski definition) is 0. The SMILES string of the molecule is Cc1onc(-c2c(F)cccc2Cl)c1C(=O)OCC(=O)N1CCC[C@H](C)C1. The first-order valence-corrected chi connectivity index (χ1v) is 9.11. The predicted molar refractivity (Wildman–Crippen MR) is 96.9 cm³/mol. The van der Waals surface area contributed by atoms with E-state index in [1.165, 1.54) is 25.1 Å². The van der Waals surface area contributed by atoms with E-state index in [1.807, 2.05) is 0 Å². The van der Waals surface area contributed by atoms with E-state index in [1.54, 1.807) is 4.90 Å². The standard InChI is InChI=1S/C19H20ClFN2O4/c1-11-5-4-8-23(9-11)15(24)10-26-19(25)16-12(2)27-22-18(16)17-13(20)6-3-7-14(17)21/h3,6-7,11H,4-5,8-10H2,1-2H3/t11-/m0/s1. The third-order valence-electron chi connectivity index (χ3n) is 4.60. The van der Waals surface area contributed by atoms with Crippen LogP contribution < -0.4 is 0 Å². The molecule has 0 saturated carbocycles. The van der Waals surface area contributed by atoms with Gasteiger partial charge in [0.15, 0.2) is 6.61 Å². The van der Waals surface area contributed by atoms with Gasteiger partial charge in [-0.15, -0.1) is 0 Å². The number of amides is 1. The molecule has 0 N–H and O–H groups in total. The molecule has 27 heavy (non-hydrogen) atoms. The van der Waals surface area contributed by atoms with Crippen molar-refractivity contribution in [2.24, 2.45) is 5.92 Å². The fourth-order valence-corrected chi connectivity index (χ4v) is 3.47. The number of aromatic nitrogens is 1. The number of likely N-dealkylation sites (tertiary alicyclic amines) is 1. The Hall–Kier alpha value is -2.41. The van der Waals surface area contributed by atoms with Gasteiger partial charge in [-0.05, 0) is 37.8 Å². The Labute approximate surface area is 161 Å². The van der Waals surface area contributed by atoms with E-state index in [4.69, 9.17) is 20.9 Å². The highest BCUT2D eigenvalue weighted by atomic mass is 35.5. The third-order valence-corrected chi connectivity index (χ3v) is 4.92. The second-order valence-corrected chi connectivity index (χ2v) is 7.13. The van der Waals surface area contributed by atoms with Gasteiger partial charge in [0.2, 0.25) is 0 Å². The largest absolute Gasteiger partial charge is 0.452 e. The molecule has 1 aromatic heterocycles. The van der Waals surface area contributed by atoms with Crippen molar-refractivity contribution < 1.29 is 23.2 Å². The van der Waals surface area contributed by atoms with Gasteiger partial charge in [-0.25, -0.2) is 9.18 Å². The summed E-state index contributed by atoms with van der Waals surface area (Å²) in [6.45, 7) is 4.51. The first-order valence-electron chi connectivity index (χ1n) is 8.74. The smallest absolute Gasteiger partial charge is 0.344 e. The van der Waals surface area contributed by atoms with E-state index < -0.39 is 11.8 Å². The maximum atomic E-state index is 14.2. The molecule has 0 unspecified atom stereocenters. The summed E-state index contributed by atoms with van der Waals surface area (Å²) in [7, 11) is 0. The molecule has 2 heterocycles. The summed E-state index contributed by atoms with van der Waals surface area (Å²) in [6.07, 6.45) is 2.01. The summed E-state index contributed by atoms with van der Waals surface area (Å²) in [5.74, 6) is -1.11. The fourth-order valence-electron chi connectivity index (χ4n) is 3.21. The number of nitrogens with zero attached hydrogens (tertiary/aromatic N) is 2. The molecule has 0 radical (unpaired) electrons. The molecule has 8 heteroatoms. The average molecular weight is 395 g/mol. The summed E-state index contributed by atoms with van der Waals surface area (Å²) >= 11 is 6.06. The lowest BCUT2D eigenvalue weighted by Crippen LogP contribution is -2.41. The van der Waals surface area contributed by atoms with Crippen molar-refractivity contribution in [1.82, 2.24) is 10.1 Å². The van der Waals surface area contributed by atoms with Crippen LogP contribution in [0.1, 0.15) is 35.9 Å². The number of halogens is 2. The van der Waals surface area contributed by atoms with Crippen molar-refractivity contribution in [2.45, 2.75) is 26.7 Å². The minimum atomic E-state index is -0.804. The molecule has 2 aromatic rings. The highest BCUT2D eigenvalue weighted by Gasteiger charge is 2.28. The fraction of sp³-hybridized carbons (Fsp3) is 0.421. The van der Waals surface area contributed by atoms with E-state index >= 15 is 0 Å². The van der Waals surface area contributed by atoms with Crippen LogP contribution in [0.15, 0.2) is 22.7 Å². The quantitative estimate of drug-likeness (QED) is 0.736. The van der Waals surface area contributed by atoms with E-state index in [2.05, 4.69) is 12.1 Å². The molecular formula is C19H20ClFN2O4. The monoisotopic (exact) mass is 394 g/mol. The predicted octanol–water partition coefficient (Wildman–Crippen LogP) is 3.86. The highest BCUT2D eigenvalue weighted by molar-refractivity contribution is 6.33. The van der Waals surface area contributed by atoms with Crippen molar-refractivity contribution >= 4 is 23.5 Å². The van der Waals surface area contributed by atoms with Crippen LogP contribution in [0.3, 0.4) is 0 Å². The van der Waals surface area contributed by atoms with Crippen LogP contribution in [0.25, 0.3) is 11.3 Å². The summed E-state index contributed by atoms with van der Waals surface area (Å²) < 4.78 is 24.4. The lowest BCUT2D eigenvalue weighted by atomic mass is 10.0. The minimum absolute atomic E-state index is 0.0400. The molecule has 1 amide bonds. The van der Waals surface area contributed by atoms with Gasteiger partial charge in [-0.1, -0.05) is 29.7 Å². The molecule has 144 valence electrons. The number of carbonyl (C=O) groups is 2. The Bertz CT molecular complexity index is 847. The Kier molecular flexibility index (Phi) is 5.79. The van der Waals surface area contributed by atoms with Gasteiger partial charge < -0.3 is 14.2 Å². The highest BCUT2D eigenvalue weighted by Crippen LogP contribution is 2.33. The molecule has 6 nitrogen and oxygen atoms in total. The van der Waals surface area contributed by atoms with Crippen molar-refractivity contribution in [3.05, 3.63) is 40.4 Å². The topological polar surface area (TPSA) is 72.6 Å². The molecule has 1 atom stereocenters. The number of piperidine rings is 1. The van der Waals surface area contributed by atoms with Gasteiger partial charge in [0, 0.05) is 13.1 Å². The summed E-state index contributed by atoms with van der Waals surface area (Å²) in [5.41, 5.74) is -0.124. The lowest BCUT2D eigenvalue weighted by molar-refractivity contribution is -0.136. The van der Waals surface area contributed by atoms with Crippen LogP contribution in [0.4, 0.5) is 4.39 Å². The normalized spacial score (nSPS) is 17.0. The summed E-state index contributed by atoms with van der Waals surface area (Å²) in [4.78, 5) is 26.5. The summed E-state index contributed by atoms with van der Waals surface area (Å²) in [6, 6.07) is 4.14. The number of hydrogen-bond acceptors (Lipinski definition) is 5. The van der Waals surface area contributed by atoms with Crippen LogP contribution in [0.5, 0.6) is 0 Å². The molecule has 1 aromatic carbocycles. The van der Waals surface area contributed by atoms with Crippen LogP contribution in [0, 0.1) is 18.7 Å². The van der Waals surface area contributed by atoms with Crippen LogP contribution in [0.2, 0.25) is 5.02 Å².